The van der Waals surface area contributed by atoms with Gasteiger partial charge in [-0.3, -0.25) is 4.79 Å². The van der Waals surface area contributed by atoms with Crippen LogP contribution in [0.4, 0.5) is 5.82 Å². The zero-order valence-corrected chi connectivity index (χ0v) is 12.4. The summed E-state index contributed by atoms with van der Waals surface area (Å²) in [5, 5.41) is 6.09. The number of carbonyl (C=O) groups excluding carboxylic acids is 1. The average molecular weight is 261 g/mol. The summed E-state index contributed by atoms with van der Waals surface area (Å²) < 4.78 is 0. The van der Waals surface area contributed by atoms with Crippen molar-refractivity contribution in [2.45, 2.75) is 46.1 Å². The van der Waals surface area contributed by atoms with Gasteiger partial charge in [0.2, 0.25) is 0 Å². The second-order valence-electron chi connectivity index (χ2n) is 6.29. The van der Waals surface area contributed by atoms with E-state index in [-0.39, 0.29) is 11.3 Å². The summed E-state index contributed by atoms with van der Waals surface area (Å²) in [5.41, 5.74) is 1.87. The Morgan fingerprint density at radius 1 is 1.42 bits per heavy atom. The number of pyridine rings is 1. The first-order valence-corrected chi connectivity index (χ1v) is 6.84. The summed E-state index contributed by atoms with van der Waals surface area (Å²) in [7, 11) is 1.82. The van der Waals surface area contributed by atoms with Crippen LogP contribution in [0.2, 0.25) is 0 Å². The highest BCUT2D eigenvalue weighted by molar-refractivity contribution is 5.95. The predicted octanol–water partition coefficient (Wildman–Crippen LogP) is 2.78. The number of nitrogens with one attached hydrogen (secondary N) is 2. The maximum Gasteiger partial charge on any atom is 0.251 e. The molecule has 0 aromatic carbocycles. The van der Waals surface area contributed by atoms with E-state index in [0.717, 1.165) is 17.9 Å². The Balaban J connectivity index is 2.18. The van der Waals surface area contributed by atoms with Crippen molar-refractivity contribution in [1.29, 1.82) is 0 Å². The number of aromatic nitrogens is 1. The maximum absolute atomic E-state index is 12.3. The summed E-state index contributed by atoms with van der Waals surface area (Å²) >= 11 is 0. The Labute approximate surface area is 115 Å². The Morgan fingerprint density at radius 2 is 2.05 bits per heavy atom. The van der Waals surface area contributed by atoms with E-state index >= 15 is 0 Å². The molecule has 0 bridgehead atoms. The predicted molar refractivity (Wildman–Crippen MR) is 77.5 cm³/mol. The molecule has 4 nitrogen and oxygen atoms in total. The number of carbonyl (C=O) groups is 1. The van der Waals surface area contributed by atoms with Crippen molar-refractivity contribution >= 4 is 11.7 Å². The van der Waals surface area contributed by atoms with Crippen molar-refractivity contribution in [3.05, 3.63) is 23.4 Å². The Kier molecular flexibility index (Phi) is 3.52. The van der Waals surface area contributed by atoms with Gasteiger partial charge in [0, 0.05) is 24.3 Å². The molecule has 1 aliphatic rings. The van der Waals surface area contributed by atoms with Crippen molar-refractivity contribution in [3.8, 4) is 0 Å². The number of rotatable bonds is 4. The standard InChI is InChI=1S/C15H23N3O/c1-9(2)11-6-10(7-13(16-5)17-11)14(19)18-12-8-15(12,3)4/h6-7,9,12H,8H2,1-5H3,(H,16,17)(H,18,19). The van der Waals surface area contributed by atoms with Crippen LogP contribution in [0.1, 0.15) is 56.1 Å². The molecule has 1 atom stereocenters. The first kappa shape index (κ1) is 13.8. The smallest absolute Gasteiger partial charge is 0.251 e. The van der Waals surface area contributed by atoms with Crippen LogP contribution in [0.3, 0.4) is 0 Å². The van der Waals surface area contributed by atoms with Crippen LogP contribution in [-0.2, 0) is 0 Å². The molecule has 0 aliphatic heterocycles. The van der Waals surface area contributed by atoms with Gasteiger partial charge in [0.15, 0.2) is 0 Å². The van der Waals surface area contributed by atoms with Gasteiger partial charge in [-0.25, -0.2) is 4.98 Å². The van der Waals surface area contributed by atoms with E-state index in [9.17, 15) is 4.79 Å². The van der Waals surface area contributed by atoms with Crippen LogP contribution in [0.5, 0.6) is 0 Å². The zero-order chi connectivity index (χ0) is 14.2. The largest absolute Gasteiger partial charge is 0.373 e. The van der Waals surface area contributed by atoms with Gasteiger partial charge in [0.1, 0.15) is 5.82 Å². The molecule has 2 N–H and O–H groups in total. The van der Waals surface area contributed by atoms with Crippen molar-refractivity contribution in [3.63, 3.8) is 0 Å². The molecule has 19 heavy (non-hydrogen) atoms. The second-order valence-corrected chi connectivity index (χ2v) is 6.29. The van der Waals surface area contributed by atoms with Gasteiger partial charge < -0.3 is 10.6 Å². The van der Waals surface area contributed by atoms with Crippen molar-refractivity contribution in [1.82, 2.24) is 10.3 Å². The molecule has 1 heterocycles. The van der Waals surface area contributed by atoms with Gasteiger partial charge >= 0.3 is 0 Å². The highest BCUT2D eigenvalue weighted by atomic mass is 16.1. The molecule has 0 radical (unpaired) electrons. The van der Waals surface area contributed by atoms with Crippen LogP contribution < -0.4 is 10.6 Å². The maximum atomic E-state index is 12.3. The van der Waals surface area contributed by atoms with E-state index in [2.05, 4.69) is 43.3 Å². The fourth-order valence-corrected chi connectivity index (χ4v) is 2.06. The molecule has 0 spiro atoms. The SMILES string of the molecule is CNc1cc(C(=O)NC2CC2(C)C)cc(C(C)C)n1. The van der Waals surface area contributed by atoms with E-state index in [1.807, 2.05) is 13.1 Å². The van der Waals surface area contributed by atoms with Crippen molar-refractivity contribution in [2.24, 2.45) is 5.41 Å². The molecule has 0 saturated heterocycles. The third kappa shape index (κ3) is 3.06. The molecular weight excluding hydrogens is 238 g/mol. The number of anilines is 1. The molecule has 1 unspecified atom stereocenters. The fraction of sp³-hybridized carbons (Fsp3) is 0.600. The zero-order valence-electron chi connectivity index (χ0n) is 12.4. The van der Waals surface area contributed by atoms with Crippen molar-refractivity contribution < 1.29 is 4.79 Å². The van der Waals surface area contributed by atoms with E-state index in [1.165, 1.54) is 0 Å². The number of hydrogen-bond acceptors (Lipinski definition) is 3. The fourth-order valence-electron chi connectivity index (χ4n) is 2.06. The minimum atomic E-state index is -0.00336. The highest BCUT2D eigenvalue weighted by Crippen LogP contribution is 2.44. The number of nitrogens with zero attached hydrogens (tertiary/aromatic N) is 1. The van der Waals surface area contributed by atoms with Gasteiger partial charge in [-0.05, 0) is 29.9 Å². The summed E-state index contributed by atoms with van der Waals surface area (Å²) in [6.45, 7) is 8.49. The van der Waals surface area contributed by atoms with Gasteiger partial charge in [0.25, 0.3) is 5.91 Å². The molecule has 1 saturated carbocycles. The third-order valence-electron chi connectivity index (χ3n) is 3.77. The lowest BCUT2D eigenvalue weighted by Crippen LogP contribution is -2.28. The molecule has 1 aliphatic carbocycles. The second kappa shape index (κ2) is 4.83. The lowest BCUT2D eigenvalue weighted by Gasteiger charge is -2.12. The normalized spacial score (nSPS) is 20.2. The van der Waals surface area contributed by atoms with E-state index in [4.69, 9.17) is 0 Å². The number of hydrogen-bond donors (Lipinski definition) is 2. The lowest BCUT2D eigenvalue weighted by atomic mass is 10.1. The quantitative estimate of drug-likeness (QED) is 0.876. The monoisotopic (exact) mass is 261 g/mol. The van der Waals surface area contributed by atoms with Crippen LogP contribution >= 0.6 is 0 Å². The van der Waals surface area contributed by atoms with Gasteiger partial charge in [0.05, 0.1) is 0 Å². The van der Waals surface area contributed by atoms with Crippen LogP contribution in [0, 0.1) is 5.41 Å². The van der Waals surface area contributed by atoms with Gasteiger partial charge in [-0.15, -0.1) is 0 Å². The highest BCUT2D eigenvalue weighted by Gasteiger charge is 2.46. The molecule has 2 rings (SSSR count). The third-order valence-corrected chi connectivity index (χ3v) is 3.77. The first-order chi connectivity index (χ1) is 8.83. The Bertz CT molecular complexity index is 494. The number of amides is 1. The summed E-state index contributed by atoms with van der Waals surface area (Å²) in [5.74, 6) is 1.04. The van der Waals surface area contributed by atoms with Gasteiger partial charge in [-0.1, -0.05) is 27.7 Å². The Hall–Kier alpha value is -1.58. The molecule has 4 heteroatoms. The lowest BCUT2D eigenvalue weighted by molar-refractivity contribution is 0.0946. The molecule has 1 aromatic rings. The van der Waals surface area contributed by atoms with Crippen molar-refractivity contribution in [2.75, 3.05) is 12.4 Å². The molecule has 104 valence electrons. The minimum absolute atomic E-state index is 0.00336. The first-order valence-electron chi connectivity index (χ1n) is 6.84. The van der Waals surface area contributed by atoms with E-state index in [1.54, 1.807) is 6.07 Å². The summed E-state index contributed by atoms with van der Waals surface area (Å²) in [4.78, 5) is 16.7. The molecule has 1 fully saturated rings. The molecular formula is C15H23N3O. The summed E-state index contributed by atoms with van der Waals surface area (Å²) in [6.07, 6.45) is 1.06. The van der Waals surface area contributed by atoms with E-state index in [0.29, 0.717) is 17.5 Å². The van der Waals surface area contributed by atoms with Gasteiger partial charge in [-0.2, -0.15) is 0 Å². The molecule has 1 aromatic heterocycles. The summed E-state index contributed by atoms with van der Waals surface area (Å²) in [6, 6.07) is 3.99. The molecule has 1 amide bonds. The van der Waals surface area contributed by atoms with Crippen LogP contribution in [0.25, 0.3) is 0 Å². The topological polar surface area (TPSA) is 54.0 Å². The minimum Gasteiger partial charge on any atom is -0.373 e. The Morgan fingerprint density at radius 3 is 2.53 bits per heavy atom. The average Bonchev–Trinajstić information content (AvgIpc) is 2.95. The van der Waals surface area contributed by atoms with Crippen LogP contribution in [0.15, 0.2) is 12.1 Å². The van der Waals surface area contributed by atoms with Crippen LogP contribution in [-0.4, -0.2) is 24.0 Å². The van der Waals surface area contributed by atoms with E-state index < -0.39 is 0 Å².